The maximum Gasteiger partial charge on any atom is 0.325 e. The average Bonchev–Trinajstić information content (AvgIpc) is 2.70. The number of hydrogen-bond donors (Lipinski definition) is 2. The second kappa shape index (κ2) is 5.96. The zero-order chi connectivity index (χ0) is 18.1. The van der Waals surface area contributed by atoms with Crippen molar-refractivity contribution in [3.8, 4) is 6.07 Å². The van der Waals surface area contributed by atoms with E-state index in [1.54, 1.807) is 31.2 Å². The van der Waals surface area contributed by atoms with Crippen LogP contribution in [0.15, 0.2) is 24.3 Å². The molecule has 7 nitrogen and oxygen atoms in total. The first-order valence-corrected chi connectivity index (χ1v) is 7.52. The molecule has 1 fully saturated rings. The molecule has 1 aromatic carbocycles. The first kappa shape index (κ1) is 17.5. The highest BCUT2D eigenvalue weighted by Crippen LogP contribution is 2.29. The Morgan fingerprint density at radius 1 is 1.38 bits per heavy atom. The van der Waals surface area contributed by atoms with Crippen LogP contribution in [0.1, 0.15) is 38.8 Å². The van der Waals surface area contributed by atoms with E-state index in [1.807, 2.05) is 26.8 Å². The third-order valence-electron chi connectivity index (χ3n) is 3.66. The molecule has 4 amide bonds. The predicted molar refractivity (Wildman–Crippen MR) is 86.6 cm³/mol. The molecule has 1 aliphatic rings. The van der Waals surface area contributed by atoms with E-state index in [-0.39, 0.29) is 6.54 Å². The monoisotopic (exact) mass is 328 g/mol. The summed E-state index contributed by atoms with van der Waals surface area (Å²) in [7, 11) is 0. The number of rotatable bonds is 3. The zero-order valence-corrected chi connectivity index (χ0v) is 14.1. The molecule has 1 heterocycles. The molecule has 0 aliphatic carbocycles. The van der Waals surface area contributed by atoms with Gasteiger partial charge >= 0.3 is 6.03 Å². The normalized spacial score (nSPS) is 20.5. The van der Waals surface area contributed by atoms with Crippen molar-refractivity contribution in [2.45, 2.75) is 38.8 Å². The first-order chi connectivity index (χ1) is 11.1. The molecule has 1 unspecified atom stereocenters. The lowest BCUT2D eigenvalue weighted by Crippen LogP contribution is -2.48. The van der Waals surface area contributed by atoms with E-state index in [1.165, 1.54) is 0 Å². The van der Waals surface area contributed by atoms with Gasteiger partial charge < -0.3 is 10.6 Å². The Hall–Kier alpha value is -2.88. The smallest absolute Gasteiger partial charge is 0.325 e. The summed E-state index contributed by atoms with van der Waals surface area (Å²) in [5.41, 5.74) is -0.870. The predicted octanol–water partition coefficient (Wildman–Crippen LogP) is 1.24. The molecule has 0 aromatic heterocycles. The highest BCUT2D eigenvalue weighted by atomic mass is 16.2. The van der Waals surface area contributed by atoms with Gasteiger partial charge in [0.1, 0.15) is 12.1 Å². The number of carbonyl (C=O) groups excluding carboxylic acids is 3. The second-order valence-corrected chi connectivity index (χ2v) is 6.94. The van der Waals surface area contributed by atoms with Crippen molar-refractivity contribution in [3.05, 3.63) is 35.4 Å². The maximum atomic E-state index is 12.7. The maximum absolute atomic E-state index is 12.7. The molecular weight excluding hydrogens is 308 g/mol. The van der Waals surface area contributed by atoms with Crippen molar-refractivity contribution in [1.29, 1.82) is 5.26 Å². The molecule has 0 bridgehead atoms. The Kier molecular flexibility index (Phi) is 4.34. The quantitative estimate of drug-likeness (QED) is 0.815. The van der Waals surface area contributed by atoms with Crippen molar-refractivity contribution in [2.24, 2.45) is 0 Å². The van der Waals surface area contributed by atoms with Crippen LogP contribution in [0.3, 0.4) is 0 Å². The van der Waals surface area contributed by atoms with Gasteiger partial charge in [-0.05, 0) is 45.4 Å². The number of urea groups is 1. The van der Waals surface area contributed by atoms with Gasteiger partial charge in [0, 0.05) is 5.54 Å². The van der Waals surface area contributed by atoms with Crippen LogP contribution in [0.5, 0.6) is 0 Å². The van der Waals surface area contributed by atoms with Crippen LogP contribution in [0.4, 0.5) is 4.79 Å². The second-order valence-electron chi connectivity index (χ2n) is 6.94. The van der Waals surface area contributed by atoms with Gasteiger partial charge in [0.2, 0.25) is 5.91 Å². The van der Waals surface area contributed by atoms with Crippen LogP contribution in [-0.2, 0) is 15.1 Å². The minimum absolute atomic E-state index is 0.352. The Labute approximate surface area is 140 Å². The third kappa shape index (κ3) is 3.38. The number of carbonyl (C=O) groups is 3. The molecule has 0 spiro atoms. The van der Waals surface area contributed by atoms with Crippen LogP contribution in [0.2, 0.25) is 0 Å². The number of nitrogens with one attached hydrogen (secondary N) is 2. The molecule has 0 radical (unpaired) electrons. The fourth-order valence-electron chi connectivity index (χ4n) is 2.54. The lowest BCUT2D eigenvalue weighted by atomic mass is 9.91. The van der Waals surface area contributed by atoms with Crippen molar-refractivity contribution in [3.63, 3.8) is 0 Å². The van der Waals surface area contributed by atoms with E-state index in [0.29, 0.717) is 11.1 Å². The van der Waals surface area contributed by atoms with Gasteiger partial charge in [-0.3, -0.25) is 14.5 Å². The Morgan fingerprint density at radius 3 is 2.62 bits per heavy atom. The molecule has 1 saturated heterocycles. The van der Waals surface area contributed by atoms with E-state index >= 15 is 0 Å². The molecule has 2 N–H and O–H groups in total. The van der Waals surface area contributed by atoms with Crippen molar-refractivity contribution in [2.75, 3.05) is 6.54 Å². The van der Waals surface area contributed by atoms with Crippen LogP contribution in [0.25, 0.3) is 0 Å². The lowest BCUT2D eigenvalue weighted by molar-refractivity contribution is -0.135. The number of hydrogen-bond acceptors (Lipinski definition) is 4. The van der Waals surface area contributed by atoms with Crippen LogP contribution in [0, 0.1) is 11.3 Å². The standard InChI is InChI=1S/C17H20N4O3/c1-16(2,3)19-13(22)10-21-14(23)17(4,20-15(21)24)12-7-5-6-11(8-12)9-18/h5-8H,10H2,1-4H3,(H,19,22)(H,20,24). The van der Waals surface area contributed by atoms with Gasteiger partial charge in [0.25, 0.3) is 5.91 Å². The molecule has 1 aromatic rings. The molecule has 2 rings (SSSR count). The first-order valence-electron chi connectivity index (χ1n) is 7.52. The van der Waals surface area contributed by atoms with Gasteiger partial charge in [-0.25, -0.2) is 4.79 Å². The molecule has 24 heavy (non-hydrogen) atoms. The summed E-state index contributed by atoms with van der Waals surface area (Å²) in [5, 5.41) is 14.3. The van der Waals surface area contributed by atoms with Crippen LogP contribution >= 0.6 is 0 Å². The van der Waals surface area contributed by atoms with Gasteiger partial charge in [0.15, 0.2) is 0 Å². The Morgan fingerprint density at radius 2 is 2.04 bits per heavy atom. The molecule has 1 atom stereocenters. The highest BCUT2D eigenvalue weighted by Gasteiger charge is 2.49. The van der Waals surface area contributed by atoms with Crippen molar-refractivity contribution in [1.82, 2.24) is 15.5 Å². The van der Waals surface area contributed by atoms with Crippen molar-refractivity contribution < 1.29 is 14.4 Å². The van der Waals surface area contributed by atoms with Gasteiger partial charge in [0.05, 0.1) is 11.6 Å². The summed E-state index contributed by atoms with van der Waals surface area (Å²) >= 11 is 0. The SMILES string of the molecule is CC(C)(C)NC(=O)CN1C(=O)NC(C)(c2cccc(C#N)c2)C1=O. The van der Waals surface area contributed by atoms with Crippen LogP contribution in [-0.4, -0.2) is 34.8 Å². The minimum Gasteiger partial charge on any atom is -0.350 e. The van der Waals surface area contributed by atoms with Crippen LogP contribution < -0.4 is 10.6 Å². The molecule has 126 valence electrons. The molecule has 7 heteroatoms. The van der Waals surface area contributed by atoms with E-state index < -0.39 is 28.9 Å². The fraction of sp³-hybridized carbons (Fsp3) is 0.412. The summed E-state index contributed by atoms with van der Waals surface area (Å²) in [6.45, 7) is 6.65. The van der Waals surface area contributed by atoms with E-state index in [0.717, 1.165) is 4.90 Å². The van der Waals surface area contributed by atoms with Gasteiger partial charge in [-0.1, -0.05) is 12.1 Å². The topological polar surface area (TPSA) is 102 Å². The summed E-state index contributed by atoms with van der Waals surface area (Å²) in [4.78, 5) is 37.8. The molecular formula is C17H20N4O3. The summed E-state index contributed by atoms with van der Waals surface area (Å²) in [5.74, 6) is -0.937. The van der Waals surface area contributed by atoms with E-state index in [4.69, 9.17) is 5.26 Å². The van der Waals surface area contributed by atoms with Gasteiger partial charge in [-0.2, -0.15) is 5.26 Å². The number of amides is 4. The summed E-state index contributed by atoms with van der Waals surface area (Å²) in [6.07, 6.45) is 0. The summed E-state index contributed by atoms with van der Waals surface area (Å²) in [6, 6.07) is 7.85. The number of imide groups is 1. The average molecular weight is 328 g/mol. The summed E-state index contributed by atoms with van der Waals surface area (Å²) < 4.78 is 0. The largest absolute Gasteiger partial charge is 0.350 e. The molecule has 1 aliphatic heterocycles. The van der Waals surface area contributed by atoms with E-state index in [9.17, 15) is 14.4 Å². The fourth-order valence-corrected chi connectivity index (χ4v) is 2.54. The number of nitriles is 1. The van der Waals surface area contributed by atoms with Crippen molar-refractivity contribution >= 4 is 17.8 Å². The lowest BCUT2D eigenvalue weighted by Gasteiger charge is -2.24. The Bertz CT molecular complexity index is 745. The zero-order valence-electron chi connectivity index (χ0n) is 14.1. The highest BCUT2D eigenvalue weighted by molar-refractivity contribution is 6.09. The Balaban J connectivity index is 2.24. The third-order valence-corrected chi connectivity index (χ3v) is 3.66. The minimum atomic E-state index is -1.30. The molecule has 0 saturated carbocycles. The van der Waals surface area contributed by atoms with Gasteiger partial charge in [-0.15, -0.1) is 0 Å². The van der Waals surface area contributed by atoms with E-state index in [2.05, 4.69) is 10.6 Å². The number of benzene rings is 1. The number of nitrogens with zero attached hydrogens (tertiary/aromatic N) is 2.